The van der Waals surface area contributed by atoms with Crippen LogP contribution in [-0.2, 0) is 19.1 Å². The van der Waals surface area contributed by atoms with Gasteiger partial charge in [-0.2, -0.15) is 0 Å². The number of halogens is 1. The molecule has 0 radical (unpaired) electrons. The predicted molar refractivity (Wildman–Crippen MR) is 92.8 cm³/mol. The van der Waals surface area contributed by atoms with E-state index in [1.165, 1.54) is 30.3 Å². The van der Waals surface area contributed by atoms with Crippen molar-refractivity contribution in [3.63, 3.8) is 0 Å². The van der Waals surface area contributed by atoms with Gasteiger partial charge in [0.1, 0.15) is 5.82 Å². The number of methoxy groups -OCH3 is 2. The summed E-state index contributed by atoms with van der Waals surface area (Å²) >= 11 is 0. The number of carbonyl (C=O) groups is 4. The maximum absolute atomic E-state index is 13.6. The Morgan fingerprint density at radius 3 is 2.00 bits per heavy atom. The lowest BCUT2D eigenvalue weighted by molar-refractivity contribution is -0.133. The van der Waals surface area contributed by atoms with Crippen LogP contribution in [0.4, 0.5) is 15.8 Å². The van der Waals surface area contributed by atoms with Crippen molar-refractivity contribution in [2.75, 3.05) is 24.9 Å². The molecule has 140 valence electrons. The molecule has 2 aromatic rings. The average Bonchev–Trinajstić information content (AvgIpc) is 2.68. The quantitative estimate of drug-likeness (QED) is 0.625. The van der Waals surface area contributed by atoms with Gasteiger partial charge in [-0.05, 0) is 30.3 Å². The number of hydrogen-bond acceptors (Lipinski definition) is 6. The molecule has 0 fully saturated rings. The van der Waals surface area contributed by atoms with Crippen LogP contribution in [0.5, 0.6) is 0 Å². The van der Waals surface area contributed by atoms with Crippen LogP contribution >= 0.6 is 0 Å². The molecule has 0 aliphatic rings. The van der Waals surface area contributed by atoms with E-state index in [0.29, 0.717) is 0 Å². The summed E-state index contributed by atoms with van der Waals surface area (Å²) in [6.07, 6.45) is 0. The highest BCUT2D eigenvalue weighted by atomic mass is 19.1. The number of para-hydroxylation sites is 1. The first-order valence-electron chi connectivity index (χ1n) is 7.55. The zero-order valence-electron chi connectivity index (χ0n) is 14.4. The number of hydrogen-bond donors (Lipinski definition) is 2. The Kier molecular flexibility index (Phi) is 6.21. The highest BCUT2D eigenvalue weighted by molar-refractivity contribution is 6.44. The van der Waals surface area contributed by atoms with Crippen molar-refractivity contribution in [2.24, 2.45) is 0 Å². The smallest absolute Gasteiger partial charge is 0.339 e. The van der Waals surface area contributed by atoms with Gasteiger partial charge in [-0.1, -0.05) is 12.1 Å². The summed E-state index contributed by atoms with van der Waals surface area (Å²) in [5, 5.41) is 4.31. The Morgan fingerprint density at radius 1 is 0.815 bits per heavy atom. The predicted octanol–water partition coefficient (Wildman–Crippen LogP) is 1.98. The number of rotatable bonds is 4. The molecule has 9 heteroatoms. The van der Waals surface area contributed by atoms with Crippen molar-refractivity contribution < 1.29 is 33.0 Å². The van der Waals surface area contributed by atoms with Gasteiger partial charge in [0.25, 0.3) is 0 Å². The molecule has 0 unspecified atom stereocenters. The van der Waals surface area contributed by atoms with E-state index in [1.807, 2.05) is 0 Å². The third-order valence-corrected chi connectivity index (χ3v) is 3.42. The van der Waals surface area contributed by atoms with E-state index in [9.17, 15) is 23.6 Å². The van der Waals surface area contributed by atoms with Crippen molar-refractivity contribution >= 4 is 35.1 Å². The number of amides is 2. The van der Waals surface area contributed by atoms with Gasteiger partial charge in [-0.15, -0.1) is 0 Å². The van der Waals surface area contributed by atoms with E-state index in [1.54, 1.807) is 0 Å². The number of ether oxygens (including phenoxy) is 2. The van der Waals surface area contributed by atoms with Crippen LogP contribution in [0, 0.1) is 5.82 Å². The summed E-state index contributed by atoms with van der Waals surface area (Å²) in [6.45, 7) is 0. The summed E-state index contributed by atoms with van der Waals surface area (Å²) in [5.74, 6) is -4.57. The first kappa shape index (κ1) is 19.6. The second-order valence-corrected chi connectivity index (χ2v) is 5.13. The van der Waals surface area contributed by atoms with Gasteiger partial charge < -0.3 is 20.1 Å². The second-order valence-electron chi connectivity index (χ2n) is 5.13. The normalized spacial score (nSPS) is 9.89. The molecule has 8 nitrogen and oxygen atoms in total. The van der Waals surface area contributed by atoms with Crippen molar-refractivity contribution in [2.45, 2.75) is 0 Å². The van der Waals surface area contributed by atoms with Gasteiger partial charge in [0.2, 0.25) is 0 Å². The fourth-order valence-corrected chi connectivity index (χ4v) is 2.10. The minimum atomic E-state index is -1.18. The third kappa shape index (κ3) is 4.66. The summed E-state index contributed by atoms with van der Waals surface area (Å²) in [7, 11) is 2.30. The monoisotopic (exact) mass is 374 g/mol. The first-order valence-corrected chi connectivity index (χ1v) is 7.55. The fraction of sp³-hybridized carbons (Fsp3) is 0.111. The molecule has 0 saturated carbocycles. The van der Waals surface area contributed by atoms with Crippen molar-refractivity contribution in [3.05, 3.63) is 59.4 Å². The summed E-state index contributed by atoms with van der Waals surface area (Å²) in [5.41, 5.74) is -0.375. The van der Waals surface area contributed by atoms with E-state index in [0.717, 1.165) is 26.4 Å². The van der Waals surface area contributed by atoms with Gasteiger partial charge in [0.05, 0.1) is 36.7 Å². The topological polar surface area (TPSA) is 111 Å². The van der Waals surface area contributed by atoms with Crippen LogP contribution in [-0.4, -0.2) is 38.0 Å². The van der Waals surface area contributed by atoms with Crippen molar-refractivity contribution in [3.8, 4) is 0 Å². The van der Waals surface area contributed by atoms with Gasteiger partial charge >= 0.3 is 23.8 Å². The molecule has 0 heterocycles. The van der Waals surface area contributed by atoms with Crippen molar-refractivity contribution in [1.29, 1.82) is 0 Å². The molecule has 27 heavy (non-hydrogen) atoms. The van der Waals surface area contributed by atoms with E-state index in [2.05, 4.69) is 20.1 Å². The Labute approximate surface area is 153 Å². The molecule has 2 N–H and O–H groups in total. The minimum Gasteiger partial charge on any atom is -0.465 e. The number of carbonyl (C=O) groups excluding carboxylic acids is 4. The Morgan fingerprint density at radius 2 is 1.41 bits per heavy atom. The largest absolute Gasteiger partial charge is 0.465 e. The van der Waals surface area contributed by atoms with E-state index >= 15 is 0 Å². The Bertz CT molecular complexity index is 912. The molecular weight excluding hydrogens is 359 g/mol. The molecule has 2 rings (SSSR count). The van der Waals surface area contributed by atoms with Crippen LogP contribution in [0.2, 0.25) is 0 Å². The lowest BCUT2D eigenvalue weighted by atomic mass is 10.1. The van der Waals surface area contributed by atoms with Crippen LogP contribution < -0.4 is 10.6 Å². The number of esters is 2. The Balaban J connectivity index is 2.26. The molecule has 2 amide bonds. The molecule has 0 atom stereocenters. The molecule has 0 saturated heterocycles. The molecule has 0 aromatic heterocycles. The number of benzene rings is 2. The van der Waals surface area contributed by atoms with Gasteiger partial charge in [0.15, 0.2) is 0 Å². The highest BCUT2D eigenvalue weighted by Gasteiger charge is 2.21. The number of nitrogens with one attached hydrogen (secondary N) is 2. The van der Waals surface area contributed by atoms with Gasteiger partial charge in [-0.25, -0.2) is 14.0 Å². The highest BCUT2D eigenvalue weighted by Crippen LogP contribution is 2.20. The van der Waals surface area contributed by atoms with Crippen LogP contribution in [0.1, 0.15) is 20.7 Å². The zero-order chi connectivity index (χ0) is 20.0. The molecule has 0 aliphatic carbocycles. The van der Waals surface area contributed by atoms with Crippen molar-refractivity contribution in [1.82, 2.24) is 0 Å². The van der Waals surface area contributed by atoms with E-state index in [-0.39, 0.29) is 22.5 Å². The molecule has 0 bridgehead atoms. The minimum absolute atomic E-state index is 0.0370. The van der Waals surface area contributed by atoms with Crippen LogP contribution in [0.3, 0.4) is 0 Å². The van der Waals surface area contributed by atoms with Gasteiger partial charge in [0, 0.05) is 0 Å². The third-order valence-electron chi connectivity index (χ3n) is 3.42. The Hall–Kier alpha value is -3.75. The summed E-state index contributed by atoms with van der Waals surface area (Å²) in [6, 6.07) is 8.99. The fourth-order valence-electron chi connectivity index (χ4n) is 2.10. The van der Waals surface area contributed by atoms with Gasteiger partial charge in [-0.3, -0.25) is 9.59 Å². The van der Waals surface area contributed by atoms with Crippen LogP contribution in [0.15, 0.2) is 42.5 Å². The molecule has 2 aromatic carbocycles. The first-order chi connectivity index (χ1) is 12.9. The molecular formula is C18H15FN2O6. The summed E-state index contributed by atoms with van der Waals surface area (Å²) < 4.78 is 22.8. The standard InChI is InChI=1S/C18H15FN2O6/c1-26-17(24)10-7-8-11(18(25)27-2)14(9-10)21-16(23)15(22)20-13-6-4-3-5-12(13)19/h3-9H,1-2H3,(H,20,22)(H,21,23). The average molecular weight is 374 g/mol. The SMILES string of the molecule is COC(=O)c1ccc(C(=O)OC)c(NC(=O)C(=O)Nc2ccccc2F)c1. The van der Waals surface area contributed by atoms with E-state index in [4.69, 9.17) is 0 Å². The number of anilines is 2. The summed E-state index contributed by atoms with van der Waals surface area (Å²) in [4.78, 5) is 47.6. The lowest BCUT2D eigenvalue weighted by Crippen LogP contribution is -2.30. The zero-order valence-corrected chi connectivity index (χ0v) is 14.4. The van der Waals surface area contributed by atoms with E-state index < -0.39 is 29.6 Å². The molecule has 0 spiro atoms. The maximum Gasteiger partial charge on any atom is 0.339 e. The molecule has 0 aliphatic heterocycles. The lowest BCUT2D eigenvalue weighted by Gasteiger charge is -2.11. The van der Waals surface area contributed by atoms with Crippen LogP contribution in [0.25, 0.3) is 0 Å². The second kappa shape index (κ2) is 8.56. The maximum atomic E-state index is 13.6.